The van der Waals surface area contributed by atoms with Crippen LogP contribution in [0.5, 0.6) is 17.2 Å². The number of nitrogens with zero attached hydrogens (tertiary/aromatic N) is 4. The molecule has 0 aliphatic carbocycles. The molecule has 0 aliphatic heterocycles. The Hall–Kier alpha value is -4.80. The van der Waals surface area contributed by atoms with Crippen LogP contribution in [0.3, 0.4) is 0 Å². The van der Waals surface area contributed by atoms with E-state index in [2.05, 4.69) is 20.7 Å². The first-order valence-corrected chi connectivity index (χ1v) is 15.1. The second-order valence-corrected chi connectivity index (χ2v) is 10.7. The zero-order valence-electron chi connectivity index (χ0n) is 24.1. The van der Waals surface area contributed by atoms with Crippen LogP contribution in [-0.2, 0) is 11.4 Å². The fourth-order valence-electron chi connectivity index (χ4n) is 4.20. The molecule has 1 aromatic heterocycles. The van der Waals surface area contributed by atoms with Gasteiger partial charge in [0.1, 0.15) is 12.4 Å². The number of hydrogen-bond acceptors (Lipinski definition) is 8. The Kier molecular flexibility index (Phi) is 10.5. The van der Waals surface area contributed by atoms with E-state index >= 15 is 0 Å². The van der Waals surface area contributed by atoms with Crippen molar-refractivity contribution in [2.24, 2.45) is 5.10 Å². The van der Waals surface area contributed by atoms with Crippen molar-refractivity contribution in [3.8, 4) is 34.3 Å². The molecule has 0 aliphatic rings. The number of benzene rings is 4. The minimum absolute atomic E-state index is 0.0721. The first-order valence-electron chi connectivity index (χ1n) is 13.8. The molecule has 0 unspecified atom stereocenters. The van der Waals surface area contributed by atoms with Crippen LogP contribution in [0.25, 0.3) is 17.1 Å². The van der Waals surface area contributed by atoms with Crippen molar-refractivity contribution >= 4 is 35.5 Å². The molecule has 0 bridgehead atoms. The van der Waals surface area contributed by atoms with Gasteiger partial charge in [0.25, 0.3) is 5.91 Å². The van der Waals surface area contributed by atoms with Crippen LogP contribution in [-0.4, -0.2) is 46.4 Å². The molecule has 11 heteroatoms. The molecule has 44 heavy (non-hydrogen) atoms. The topological polar surface area (TPSA) is 99.9 Å². The summed E-state index contributed by atoms with van der Waals surface area (Å²) in [7, 11) is 1.58. The first-order chi connectivity index (χ1) is 21.5. The van der Waals surface area contributed by atoms with Gasteiger partial charge in [0.2, 0.25) is 0 Å². The molecule has 0 saturated heterocycles. The summed E-state index contributed by atoms with van der Waals surface area (Å²) in [6.45, 7) is 2.93. The number of nitrogens with one attached hydrogen (secondary N) is 1. The van der Waals surface area contributed by atoms with E-state index in [1.807, 2.05) is 90.4 Å². The molecule has 0 atom stereocenters. The summed E-state index contributed by atoms with van der Waals surface area (Å²) in [5.41, 5.74) is 6.04. The highest BCUT2D eigenvalue weighted by Gasteiger charge is 2.17. The molecule has 224 valence electrons. The number of hydrogen-bond donors (Lipinski definition) is 1. The maximum Gasteiger partial charge on any atom is 0.250 e. The number of amides is 1. The third-order valence-corrected chi connectivity index (χ3v) is 7.48. The van der Waals surface area contributed by atoms with Crippen molar-refractivity contribution in [3.05, 3.63) is 113 Å². The lowest BCUT2D eigenvalue weighted by molar-refractivity contribution is -0.118. The summed E-state index contributed by atoms with van der Waals surface area (Å²) in [6.07, 6.45) is 1.55. The van der Waals surface area contributed by atoms with Gasteiger partial charge in [-0.3, -0.25) is 9.36 Å². The maximum absolute atomic E-state index is 12.7. The van der Waals surface area contributed by atoms with E-state index in [1.54, 1.807) is 31.5 Å². The Balaban J connectivity index is 1.24. The van der Waals surface area contributed by atoms with E-state index in [4.69, 9.17) is 25.8 Å². The van der Waals surface area contributed by atoms with Crippen LogP contribution in [0.15, 0.2) is 107 Å². The molecule has 5 aromatic rings. The summed E-state index contributed by atoms with van der Waals surface area (Å²) in [5.74, 6) is 2.34. The monoisotopic (exact) mass is 627 g/mol. The molecule has 4 aromatic carbocycles. The second kappa shape index (κ2) is 15.1. The van der Waals surface area contributed by atoms with Gasteiger partial charge in [0.15, 0.2) is 22.5 Å². The van der Waals surface area contributed by atoms with E-state index in [1.165, 1.54) is 11.8 Å². The molecule has 9 nitrogen and oxygen atoms in total. The zero-order valence-corrected chi connectivity index (χ0v) is 25.7. The van der Waals surface area contributed by atoms with Gasteiger partial charge in [-0.1, -0.05) is 53.7 Å². The average molecular weight is 628 g/mol. The number of halogens is 1. The number of ether oxygens (including phenoxy) is 3. The van der Waals surface area contributed by atoms with Gasteiger partial charge in [-0.05, 0) is 84.8 Å². The third kappa shape index (κ3) is 7.97. The van der Waals surface area contributed by atoms with E-state index in [0.29, 0.717) is 40.7 Å². The van der Waals surface area contributed by atoms with Crippen LogP contribution in [0.1, 0.15) is 18.1 Å². The molecule has 0 saturated carbocycles. The molecule has 0 radical (unpaired) electrons. The normalized spacial score (nSPS) is 11.0. The average Bonchev–Trinajstić information content (AvgIpc) is 3.48. The van der Waals surface area contributed by atoms with Gasteiger partial charge in [-0.25, -0.2) is 5.43 Å². The Bertz CT molecular complexity index is 1710. The van der Waals surface area contributed by atoms with Gasteiger partial charge < -0.3 is 14.2 Å². The number of aromatic nitrogens is 3. The summed E-state index contributed by atoms with van der Waals surface area (Å²) in [5, 5.41) is 14.1. The molecule has 1 amide bonds. The van der Waals surface area contributed by atoms with Crippen LogP contribution >= 0.6 is 23.4 Å². The van der Waals surface area contributed by atoms with Crippen LogP contribution < -0.4 is 19.6 Å². The van der Waals surface area contributed by atoms with E-state index in [-0.39, 0.29) is 11.7 Å². The zero-order chi connectivity index (χ0) is 30.7. The van der Waals surface area contributed by atoms with Gasteiger partial charge >= 0.3 is 0 Å². The van der Waals surface area contributed by atoms with Crippen molar-refractivity contribution in [2.75, 3.05) is 19.5 Å². The molecule has 5 rings (SSSR count). The molecule has 0 spiro atoms. The van der Waals surface area contributed by atoms with Crippen molar-refractivity contribution < 1.29 is 19.0 Å². The summed E-state index contributed by atoms with van der Waals surface area (Å²) in [6, 6.07) is 30.3. The Morgan fingerprint density at radius 1 is 0.955 bits per heavy atom. The van der Waals surface area contributed by atoms with E-state index in [9.17, 15) is 4.79 Å². The predicted molar refractivity (Wildman–Crippen MR) is 173 cm³/mol. The minimum atomic E-state index is -0.296. The van der Waals surface area contributed by atoms with Crippen molar-refractivity contribution in [1.29, 1.82) is 0 Å². The van der Waals surface area contributed by atoms with Crippen molar-refractivity contribution in [3.63, 3.8) is 0 Å². The molecular weight excluding hydrogens is 598 g/mol. The predicted octanol–water partition coefficient (Wildman–Crippen LogP) is 6.82. The fraction of sp³-hybridized carbons (Fsp3) is 0.152. The largest absolute Gasteiger partial charge is 0.494 e. The number of rotatable bonds is 13. The standard InChI is InChI=1S/C33H30ClN5O4S/c1-3-42-28-16-14-27(15-17-28)39-32(25-10-12-26(34)13-11-25)37-38-33(39)44-22-31(40)36-35-20-24-9-18-29(30(19-24)41-2)43-21-23-7-5-4-6-8-23/h4-20H,3,21-22H2,1-2H3,(H,36,40). The van der Waals surface area contributed by atoms with Gasteiger partial charge in [0.05, 0.1) is 25.7 Å². The highest BCUT2D eigenvalue weighted by molar-refractivity contribution is 7.99. The molecule has 1 N–H and O–H groups in total. The van der Waals surface area contributed by atoms with Crippen LogP contribution in [0, 0.1) is 0 Å². The maximum atomic E-state index is 12.7. The molecule has 0 fully saturated rings. The minimum Gasteiger partial charge on any atom is -0.494 e. The van der Waals surface area contributed by atoms with Gasteiger partial charge in [-0.2, -0.15) is 5.10 Å². The summed E-state index contributed by atoms with van der Waals surface area (Å²) in [4.78, 5) is 12.7. The number of carbonyl (C=O) groups is 1. The van der Waals surface area contributed by atoms with Gasteiger partial charge in [-0.15, -0.1) is 10.2 Å². The molecule has 1 heterocycles. The smallest absolute Gasteiger partial charge is 0.250 e. The van der Waals surface area contributed by atoms with Crippen LogP contribution in [0.2, 0.25) is 5.02 Å². The first kappa shape index (κ1) is 30.7. The highest BCUT2D eigenvalue weighted by atomic mass is 35.5. The van der Waals surface area contributed by atoms with Crippen molar-refractivity contribution in [2.45, 2.75) is 18.7 Å². The Morgan fingerprint density at radius 3 is 2.45 bits per heavy atom. The number of thioether (sulfide) groups is 1. The Labute approximate surface area is 264 Å². The lowest BCUT2D eigenvalue weighted by Crippen LogP contribution is -2.20. The third-order valence-electron chi connectivity index (χ3n) is 6.30. The SMILES string of the molecule is CCOc1ccc(-n2c(SCC(=O)NN=Cc3ccc(OCc4ccccc4)c(OC)c3)nnc2-c2ccc(Cl)cc2)cc1. The fourth-order valence-corrected chi connectivity index (χ4v) is 5.07. The van der Waals surface area contributed by atoms with Crippen LogP contribution in [0.4, 0.5) is 0 Å². The highest BCUT2D eigenvalue weighted by Crippen LogP contribution is 2.30. The lowest BCUT2D eigenvalue weighted by atomic mass is 10.2. The lowest BCUT2D eigenvalue weighted by Gasteiger charge is -2.11. The Morgan fingerprint density at radius 2 is 1.73 bits per heavy atom. The summed E-state index contributed by atoms with van der Waals surface area (Å²) < 4.78 is 18.9. The van der Waals surface area contributed by atoms with Crippen molar-refractivity contribution in [1.82, 2.24) is 20.2 Å². The summed E-state index contributed by atoms with van der Waals surface area (Å²) >= 11 is 7.35. The number of methoxy groups -OCH3 is 1. The quantitative estimate of drug-likeness (QED) is 0.0869. The molecular formula is C33H30ClN5O4S. The second-order valence-electron chi connectivity index (χ2n) is 9.34. The number of carbonyl (C=O) groups excluding carboxylic acids is 1. The van der Waals surface area contributed by atoms with Gasteiger partial charge in [0, 0.05) is 16.3 Å². The number of hydrazone groups is 1. The van der Waals surface area contributed by atoms with E-state index in [0.717, 1.165) is 28.1 Å². The van der Waals surface area contributed by atoms with E-state index < -0.39 is 0 Å².